The molecule has 0 aromatic carbocycles. The highest BCUT2D eigenvalue weighted by Crippen LogP contribution is 2.08. The van der Waals surface area contributed by atoms with Crippen molar-refractivity contribution in [3.63, 3.8) is 0 Å². The fourth-order valence-electron chi connectivity index (χ4n) is 1.83. The number of pyridine rings is 1. The summed E-state index contributed by atoms with van der Waals surface area (Å²) < 4.78 is 2.06. The molecule has 2 rings (SSSR count). The molecule has 0 aliphatic heterocycles. The van der Waals surface area contributed by atoms with Gasteiger partial charge in [0.25, 0.3) is 0 Å². The second kappa shape index (κ2) is 6.00. The number of hydrogen-bond acceptors (Lipinski definition) is 3. The third kappa shape index (κ3) is 3.20. The molecule has 4 nitrogen and oxygen atoms in total. The number of aryl methyl sites for hydroxylation is 1. The number of rotatable bonds is 6. The van der Waals surface area contributed by atoms with Gasteiger partial charge in [0.1, 0.15) is 0 Å². The number of imidazole rings is 1. The average Bonchev–Trinajstić information content (AvgIpc) is 2.72. The molecule has 2 heterocycles. The van der Waals surface area contributed by atoms with E-state index >= 15 is 0 Å². The smallest absolute Gasteiger partial charge is 0.203 e. The Kier molecular flexibility index (Phi) is 4.12. The number of aromatic nitrogens is 3. The highest BCUT2D eigenvalue weighted by atomic mass is 15.2. The van der Waals surface area contributed by atoms with E-state index in [9.17, 15) is 0 Å². The first-order valence-electron chi connectivity index (χ1n) is 6.07. The topological polar surface area (TPSA) is 42.7 Å². The van der Waals surface area contributed by atoms with Gasteiger partial charge in [-0.1, -0.05) is 6.08 Å². The first-order valence-corrected chi connectivity index (χ1v) is 6.07. The molecular formula is C14H18N4. The van der Waals surface area contributed by atoms with Crippen LogP contribution < -0.4 is 5.32 Å². The molecule has 1 N–H and O–H groups in total. The normalized spacial score (nSPS) is 10.3. The minimum atomic E-state index is 0.776. The highest BCUT2D eigenvalue weighted by Gasteiger charge is 2.03. The Morgan fingerprint density at radius 1 is 1.39 bits per heavy atom. The maximum atomic E-state index is 4.45. The van der Waals surface area contributed by atoms with Crippen LogP contribution in [-0.2, 0) is 13.0 Å². The quantitative estimate of drug-likeness (QED) is 0.791. The van der Waals surface area contributed by atoms with E-state index in [1.54, 1.807) is 0 Å². The first-order chi connectivity index (χ1) is 8.79. The van der Waals surface area contributed by atoms with Crippen molar-refractivity contribution in [3.05, 3.63) is 54.6 Å². The lowest BCUT2D eigenvalue weighted by molar-refractivity contribution is 0.816. The van der Waals surface area contributed by atoms with Gasteiger partial charge in [0.05, 0.1) is 5.69 Å². The minimum absolute atomic E-state index is 0.776. The molecular weight excluding hydrogens is 224 g/mol. The van der Waals surface area contributed by atoms with Crippen LogP contribution in [0.25, 0.3) is 0 Å². The summed E-state index contributed by atoms with van der Waals surface area (Å²) in [5, 5.41) is 3.35. The van der Waals surface area contributed by atoms with Gasteiger partial charge in [0.15, 0.2) is 0 Å². The van der Waals surface area contributed by atoms with E-state index in [2.05, 4.69) is 26.4 Å². The van der Waals surface area contributed by atoms with E-state index < -0.39 is 0 Å². The molecule has 0 saturated carbocycles. The van der Waals surface area contributed by atoms with Gasteiger partial charge in [-0.2, -0.15) is 0 Å². The maximum absolute atomic E-state index is 4.45. The second-order valence-electron chi connectivity index (χ2n) is 4.18. The fourth-order valence-corrected chi connectivity index (χ4v) is 1.83. The summed E-state index contributed by atoms with van der Waals surface area (Å²) in [5.74, 6) is 0.904. The molecule has 4 heteroatoms. The van der Waals surface area contributed by atoms with Crippen LogP contribution in [0.1, 0.15) is 11.3 Å². The van der Waals surface area contributed by atoms with E-state index in [1.807, 2.05) is 43.7 Å². The van der Waals surface area contributed by atoms with Crippen LogP contribution in [0.3, 0.4) is 0 Å². The van der Waals surface area contributed by atoms with Crippen LogP contribution in [0.15, 0.2) is 43.4 Å². The average molecular weight is 242 g/mol. The van der Waals surface area contributed by atoms with Crippen LogP contribution in [0.4, 0.5) is 5.95 Å². The van der Waals surface area contributed by atoms with Crippen LogP contribution >= 0.6 is 0 Å². The summed E-state index contributed by atoms with van der Waals surface area (Å²) >= 11 is 0. The number of nitrogens with one attached hydrogen (secondary N) is 1. The molecule has 2 aromatic rings. The molecule has 0 unspecified atom stereocenters. The third-order valence-electron chi connectivity index (χ3n) is 2.67. The lowest BCUT2D eigenvalue weighted by Gasteiger charge is -2.07. The Morgan fingerprint density at radius 3 is 2.89 bits per heavy atom. The van der Waals surface area contributed by atoms with Crippen LogP contribution in [0.2, 0.25) is 0 Å². The first kappa shape index (κ1) is 12.4. The molecule has 0 amide bonds. The van der Waals surface area contributed by atoms with Crippen LogP contribution in [0, 0.1) is 6.92 Å². The zero-order chi connectivity index (χ0) is 12.8. The summed E-state index contributed by atoms with van der Waals surface area (Å²) in [6, 6.07) is 4.06. The van der Waals surface area contributed by atoms with E-state index in [0.717, 1.165) is 31.2 Å². The Bertz CT molecular complexity index is 502. The van der Waals surface area contributed by atoms with Crippen molar-refractivity contribution in [2.45, 2.75) is 19.9 Å². The van der Waals surface area contributed by atoms with Gasteiger partial charge >= 0.3 is 0 Å². The maximum Gasteiger partial charge on any atom is 0.203 e. The van der Waals surface area contributed by atoms with Crippen molar-refractivity contribution in [3.8, 4) is 0 Å². The predicted molar refractivity (Wildman–Crippen MR) is 73.6 cm³/mol. The molecule has 0 aliphatic rings. The largest absolute Gasteiger partial charge is 0.355 e. The summed E-state index contributed by atoms with van der Waals surface area (Å²) in [7, 11) is 0. The molecule has 0 fully saturated rings. The van der Waals surface area contributed by atoms with Crippen LogP contribution in [-0.4, -0.2) is 21.1 Å². The summed E-state index contributed by atoms with van der Waals surface area (Å²) in [4.78, 5) is 8.46. The van der Waals surface area contributed by atoms with Crippen molar-refractivity contribution >= 4 is 5.95 Å². The van der Waals surface area contributed by atoms with Crippen molar-refractivity contribution < 1.29 is 0 Å². The molecule has 0 radical (unpaired) electrons. The molecule has 0 saturated heterocycles. The monoisotopic (exact) mass is 242 g/mol. The van der Waals surface area contributed by atoms with E-state index in [-0.39, 0.29) is 0 Å². The summed E-state index contributed by atoms with van der Waals surface area (Å²) in [5.41, 5.74) is 2.29. The summed E-state index contributed by atoms with van der Waals surface area (Å²) in [6.07, 6.45) is 8.49. The van der Waals surface area contributed by atoms with E-state index in [4.69, 9.17) is 0 Å². The number of anilines is 1. The lowest BCUT2D eigenvalue weighted by Crippen LogP contribution is -2.10. The third-order valence-corrected chi connectivity index (χ3v) is 2.67. The van der Waals surface area contributed by atoms with Crippen molar-refractivity contribution in [1.29, 1.82) is 0 Å². The number of nitrogens with zero attached hydrogens (tertiary/aromatic N) is 3. The Morgan fingerprint density at radius 2 is 2.17 bits per heavy atom. The summed E-state index contributed by atoms with van der Waals surface area (Å²) in [6.45, 7) is 7.38. The zero-order valence-electron chi connectivity index (χ0n) is 10.6. The number of hydrogen-bond donors (Lipinski definition) is 1. The standard InChI is InChI=1S/C14H18N4/c1-3-10-18-11-12(2)17-14(18)16-9-6-13-4-7-15-8-5-13/h3-5,7-8,11H,1,6,9-10H2,2H3,(H,16,17). The van der Waals surface area contributed by atoms with Crippen molar-refractivity contribution in [2.75, 3.05) is 11.9 Å². The molecule has 0 spiro atoms. The van der Waals surface area contributed by atoms with E-state index in [1.165, 1.54) is 5.56 Å². The van der Waals surface area contributed by atoms with Gasteiger partial charge in [0.2, 0.25) is 5.95 Å². The van der Waals surface area contributed by atoms with Crippen molar-refractivity contribution in [2.24, 2.45) is 0 Å². The number of allylic oxidation sites excluding steroid dienone is 1. The van der Waals surface area contributed by atoms with Gasteiger partial charge in [-0.3, -0.25) is 4.98 Å². The highest BCUT2D eigenvalue weighted by molar-refractivity contribution is 5.29. The van der Waals surface area contributed by atoms with Gasteiger partial charge in [-0.25, -0.2) is 4.98 Å². The Balaban J connectivity index is 1.92. The molecule has 18 heavy (non-hydrogen) atoms. The van der Waals surface area contributed by atoms with Gasteiger partial charge < -0.3 is 9.88 Å². The fraction of sp³-hybridized carbons (Fsp3) is 0.286. The van der Waals surface area contributed by atoms with Crippen LogP contribution in [0.5, 0.6) is 0 Å². The van der Waals surface area contributed by atoms with Gasteiger partial charge in [-0.15, -0.1) is 6.58 Å². The predicted octanol–water partition coefficient (Wildman–Crippen LogP) is 2.43. The molecule has 2 aromatic heterocycles. The molecule has 0 bridgehead atoms. The molecule has 0 aliphatic carbocycles. The molecule has 94 valence electrons. The lowest BCUT2D eigenvalue weighted by atomic mass is 10.2. The SMILES string of the molecule is C=CCn1cc(C)nc1NCCc1ccncc1. The minimum Gasteiger partial charge on any atom is -0.355 e. The van der Waals surface area contributed by atoms with Gasteiger partial charge in [0, 0.05) is 31.7 Å². The Labute approximate surface area is 107 Å². The van der Waals surface area contributed by atoms with E-state index in [0.29, 0.717) is 0 Å². The second-order valence-corrected chi connectivity index (χ2v) is 4.18. The molecule has 0 atom stereocenters. The van der Waals surface area contributed by atoms with Gasteiger partial charge in [-0.05, 0) is 31.0 Å². The Hall–Kier alpha value is -2.10. The zero-order valence-corrected chi connectivity index (χ0v) is 10.6. The van der Waals surface area contributed by atoms with Crippen molar-refractivity contribution in [1.82, 2.24) is 14.5 Å².